The van der Waals surface area contributed by atoms with Crippen molar-refractivity contribution in [3.63, 3.8) is 0 Å². The molecule has 0 saturated heterocycles. The van der Waals surface area contributed by atoms with Crippen LogP contribution in [0, 0.1) is 5.41 Å². The van der Waals surface area contributed by atoms with E-state index in [2.05, 4.69) is 27.7 Å². The van der Waals surface area contributed by atoms with Gasteiger partial charge in [0.25, 0.3) is 0 Å². The monoisotopic (exact) mass is 202 g/mol. The number of unbranched alkanes of at least 4 members (excludes halogenated alkanes) is 3. The standard InChI is InChI=1S/C10H22.2C2H6/c1-5-6-7-8-9-10(2,3)4;2*1-2/h5-9H2,1-4H3;2*1-2H3. The lowest BCUT2D eigenvalue weighted by Crippen LogP contribution is -2.03. The fourth-order valence-corrected chi connectivity index (χ4v) is 1.08. The van der Waals surface area contributed by atoms with Crippen molar-refractivity contribution in [3.05, 3.63) is 0 Å². The molecule has 0 aliphatic carbocycles. The minimum absolute atomic E-state index is 0.549. The average molecular weight is 202 g/mol. The Kier molecular flexibility index (Phi) is 21.6. The Balaban J connectivity index is -0.000000266. The molecule has 0 aromatic carbocycles. The van der Waals surface area contributed by atoms with E-state index in [9.17, 15) is 0 Å². The van der Waals surface area contributed by atoms with E-state index in [-0.39, 0.29) is 0 Å². The number of hydrogen-bond donors (Lipinski definition) is 0. The molecular weight excluding hydrogens is 168 g/mol. The van der Waals surface area contributed by atoms with Crippen molar-refractivity contribution in [3.8, 4) is 0 Å². The van der Waals surface area contributed by atoms with E-state index in [0.717, 1.165) is 0 Å². The van der Waals surface area contributed by atoms with Gasteiger partial charge in [-0.05, 0) is 11.8 Å². The van der Waals surface area contributed by atoms with Gasteiger partial charge in [-0.2, -0.15) is 0 Å². The van der Waals surface area contributed by atoms with Gasteiger partial charge in [0.15, 0.2) is 0 Å². The highest BCUT2D eigenvalue weighted by Gasteiger charge is 2.08. The molecule has 0 aromatic heterocycles. The zero-order valence-electron chi connectivity index (χ0n) is 12.0. The molecular formula is C14H34. The molecule has 14 heavy (non-hydrogen) atoms. The Hall–Kier alpha value is 0. The first-order chi connectivity index (χ1) is 6.56. The van der Waals surface area contributed by atoms with E-state index < -0.39 is 0 Å². The Labute approximate surface area is 93.5 Å². The maximum atomic E-state index is 2.32. The van der Waals surface area contributed by atoms with Crippen molar-refractivity contribution in [2.24, 2.45) is 5.41 Å². The molecule has 0 amide bonds. The van der Waals surface area contributed by atoms with Crippen LogP contribution >= 0.6 is 0 Å². The number of hydrogen-bond acceptors (Lipinski definition) is 0. The molecule has 0 rings (SSSR count). The minimum Gasteiger partial charge on any atom is -0.0683 e. The second kappa shape index (κ2) is 15.5. The van der Waals surface area contributed by atoms with Crippen LogP contribution in [0.4, 0.5) is 0 Å². The zero-order chi connectivity index (χ0) is 12.0. The molecule has 90 valence electrons. The van der Waals surface area contributed by atoms with Gasteiger partial charge in [-0.3, -0.25) is 0 Å². The largest absolute Gasteiger partial charge is 0.0683 e. The van der Waals surface area contributed by atoms with Crippen LogP contribution in [0.5, 0.6) is 0 Å². The summed E-state index contributed by atoms with van der Waals surface area (Å²) < 4.78 is 0. The Morgan fingerprint density at radius 1 is 0.714 bits per heavy atom. The highest BCUT2D eigenvalue weighted by Crippen LogP contribution is 2.22. The lowest BCUT2D eigenvalue weighted by Gasteiger charge is -2.17. The summed E-state index contributed by atoms with van der Waals surface area (Å²) in [6.45, 7) is 17.2. The van der Waals surface area contributed by atoms with Crippen molar-refractivity contribution in [1.29, 1.82) is 0 Å². The molecule has 0 saturated carbocycles. The van der Waals surface area contributed by atoms with Crippen LogP contribution in [0.1, 0.15) is 87.5 Å². The lowest BCUT2D eigenvalue weighted by molar-refractivity contribution is 0.358. The van der Waals surface area contributed by atoms with Crippen molar-refractivity contribution in [2.45, 2.75) is 87.5 Å². The van der Waals surface area contributed by atoms with E-state index in [0.29, 0.717) is 5.41 Å². The third-order valence-electron chi connectivity index (χ3n) is 1.78. The summed E-state index contributed by atoms with van der Waals surface area (Å²) in [5.41, 5.74) is 0.549. The van der Waals surface area contributed by atoms with Crippen LogP contribution in [0.3, 0.4) is 0 Å². The van der Waals surface area contributed by atoms with Gasteiger partial charge in [0.2, 0.25) is 0 Å². The van der Waals surface area contributed by atoms with Gasteiger partial charge in [0, 0.05) is 0 Å². The molecule has 0 aromatic rings. The smallest absolute Gasteiger partial charge is 0.0383 e. The first-order valence-electron chi connectivity index (χ1n) is 6.56. The maximum Gasteiger partial charge on any atom is -0.0383 e. The van der Waals surface area contributed by atoms with Gasteiger partial charge in [0.05, 0.1) is 0 Å². The molecule has 0 nitrogen and oxygen atoms in total. The Bertz CT molecular complexity index is 66.6. The summed E-state index contributed by atoms with van der Waals surface area (Å²) in [4.78, 5) is 0. The van der Waals surface area contributed by atoms with Crippen LogP contribution in [0.2, 0.25) is 0 Å². The second-order valence-electron chi connectivity index (χ2n) is 4.37. The Morgan fingerprint density at radius 3 is 1.43 bits per heavy atom. The quantitative estimate of drug-likeness (QED) is 0.486. The number of rotatable bonds is 4. The van der Waals surface area contributed by atoms with Crippen LogP contribution in [-0.4, -0.2) is 0 Å². The third-order valence-corrected chi connectivity index (χ3v) is 1.78. The molecule has 0 aliphatic rings. The van der Waals surface area contributed by atoms with Gasteiger partial charge in [-0.15, -0.1) is 0 Å². The van der Waals surface area contributed by atoms with E-state index >= 15 is 0 Å². The molecule has 0 fully saturated rings. The maximum absolute atomic E-state index is 2.32. The molecule has 0 heteroatoms. The van der Waals surface area contributed by atoms with Gasteiger partial charge >= 0.3 is 0 Å². The van der Waals surface area contributed by atoms with E-state index in [4.69, 9.17) is 0 Å². The molecule has 0 atom stereocenters. The minimum atomic E-state index is 0.549. The SMILES string of the molecule is CC.CC.CCCCCCC(C)(C)C. The third kappa shape index (κ3) is 29.6. The first-order valence-corrected chi connectivity index (χ1v) is 6.56. The molecule has 0 N–H and O–H groups in total. The lowest BCUT2D eigenvalue weighted by atomic mass is 9.89. The molecule has 0 heterocycles. The average Bonchev–Trinajstić information content (AvgIpc) is 2.18. The predicted octanol–water partition coefficient (Wildman–Crippen LogP) is 6.06. The zero-order valence-corrected chi connectivity index (χ0v) is 12.0. The Morgan fingerprint density at radius 2 is 1.14 bits per heavy atom. The fraction of sp³-hybridized carbons (Fsp3) is 1.00. The van der Waals surface area contributed by atoms with E-state index in [1.165, 1.54) is 32.1 Å². The van der Waals surface area contributed by atoms with Crippen molar-refractivity contribution in [1.82, 2.24) is 0 Å². The summed E-state index contributed by atoms with van der Waals surface area (Å²) in [7, 11) is 0. The van der Waals surface area contributed by atoms with Crippen LogP contribution in [-0.2, 0) is 0 Å². The van der Waals surface area contributed by atoms with Gasteiger partial charge < -0.3 is 0 Å². The first kappa shape index (κ1) is 19.6. The fourth-order valence-electron chi connectivity index (χ4n) is 1.08. The summed E-state index contributed by atoms with van der Waals surface area (Å²) in [6.07, 6.45) is 6.98. The molecule has 0 bridgehead atoms. The van der Waals surface area contributed by atoms with E-state index in [1.807, 2.05) is 27.7 Å². The molecule has 0 spiro atoms. The molecule has 0 unspecified atom stereocenters. The highest BCUT2D eigenvalue weighted by molar-refractivity contribution is 4.60. The van der Waals surface area contributed by atoms with Crippen LogP contribution in [0.25, 0.3) is 0 Å². The van der Waals surface area contributed by atoms with Crippen molar-refractivity contribution < 1.29 is 0 Å². The van der Waals surface area contributed by atoms with Crippen LogP contribution in [0.15, 0.2) is 0 Å². The molecule has 0 radical (unpaired) electrons. The van der Waals surface area contributed by atoms with Crippen LogP contribution < -0.4 is 0 Å². The summed E-state index contributed by atoms with van der Waals surface area (Å²) in [5.74, 6) is 0. The normalized spacial score (nSPS) is 9.43. The topological polar surface area (TPSA) is 0 Å². The van der Waals surface area contributed by atoms with Gasteiger partial charge in [-0.1, -0.05) is 81.1 Å². The van der Waals surface area contributed by atoms with Crippen molar-refractivity contribution in [2.75, 3.05) is 0 Å². The summed E-state index contributed by atoms with van der Waals surface area (Å²) in [6, 6.07) is 0. The molecule has 0 aliphatic heterocycles. The summed E-state index contributed by atoms with van der Waals surface area (Å²) in [5, 5.41) is 0. The van der Waals surface area contributed by atoms with E-state index in [1.54, 1.807) is 0 Å². The van der Waals surface area contributed by atoms with Gasteiger partial charge in [0.1, 0.15) is 0 Å². The van der Waals surface area contributed by atoms with Gasteiger partial charge in [-0.25, -0.2) is 0 Å². The highest BCUT2D eigenvalue weighted by atomic mass is 14.1. The predicted molar refractivity (Wildman–Crippen MR) is 70.9 cm³/mol. The van der Waals surface area contributed by atoms with Crippen molar-refractivity contribution >= 4 is 0 Å². The summed E-state index contributed by atoms with van der Waals surface area (Å²) >= 11 is 0. The second-order valence-corrected chi connectivity index (χ2v) is 4.37.